The van der Waals surface area contributed by atoms with Gasteiger partial charge in [0.2, 0.25) is 0 Å². The van der Waals surface area contributed by atoms with E-state index in [-0.39, 0.29) is 0 Å². The van der Waals surface area contributed by atoms with Gasteiger partial charge in [-0.25, -0.2) is 0 Å². The molecule has 2 fully saturated rings. The fraction of sp³-hybridized carbons (Fsp3) is 1.00. The average molecular weight is 170 g/mol. The highest BCUT2D eigenvalue weighted by molar-refractivity contribution is 4.86. The van der Waals surface area contributed by atoms with Crippen LogP contribution in [0, 0.1) is 0 Å². The van der Waals surface area contributed by atoms with Crippen molar-refractivity contribution in [3.63, 3.8) is 0 Å². The van der Waals surface area contributed by atoms with Crippen LogP contribution < -0.4 is 10.6 Å². The van der Waals surface area contributed by atoms with Crippen molar-refractivity contribution in [1.29, 1.82) is 0 Å². The van der Waals surface area contributed by atoms with E-state index in [1.807, 2.05) is 0 Å². The van der Waals surface area contributed by atoms with E-state index in [9.17, 15) is 0 Å². The summed E-state index contributed by atoms with van der Waals surface area (Å²) in [6.07, 6.45) is 2.81. The summed E-state index contributed by atoms with van der Waals surface area (Å²) >= 11 is 0. The zero-order valence-electron chi connectivity index (χ0n) is 7.68. The van der Waals surface area contributed by atoms with E-state index in [4.69, 9.17) is 4.74 Å². The molecule has 0 aromatic heterocycles. The second kappa shape index (κ2) is 3.73. The van der Waals surface area contributed by atoms with Gasteiger partial charge in [0.15, 0.2) is 0 Å². The van der Waals surface area contributed by atoms with Crippen molar-refractivity contribution in [2.24, 2.45) is 0 Å². The van der Waals surface area contributed by atoms with Gasteiger partial charge in [-0.2, -0.15) is 0 Å². The van der Waals surface area contributed by atoms with Crippen LogP contribution in [0.2, 0.25) is 0 Å². The van der Waals surface area contributed by atoms with Crippen LogP contribution in [0.1, 0.15) is 19.8 Å². The summed E-state index contributed by atoms with van der Waals surface area (Å²) in [6, 6.07) is 1.42. The number of hydrogen-bond acceptors (Lipinski definition) is 3. The topological polar surface area (TPSA) is 33.3 Å². The molecule has 2 heterocycles. The molecule has 3 nitrogen and oxygen atoms in total. The number of hydrogen-bond donors (Lipinski definition) is 2. The van der Waals surface area contributed by atoms with Gasteiger partial charge in [0.1, 0.15) is 0 Å². The highest BCUT2D eigenvalue weighted by Crippen LogP contribution is 2.14. The van der Waals surface area contributed by atoms with E-state index in [0.717, 1.165) is 25.7 Å². The number of ether oxygens (including phenoxy) is 1. The predicted octanol–water partition coefficient (Wildman–Crippen LogP) is 0.115. The molecule has 2 aliphatic rings. The minimum Gasteiger partial charge on any atom is -0.378 e. The summed E-state index contributed by atoms with van der Waals surface area (Å²) in [6.45, 7) is 5.38. The maximum atomic E-state index is 5.49. The maximum absolute atomic E-state index is 5.49. The van der Waals surface area contributed by atoms with Crippen LogP contribution in [0.4, 0.5) is 0 Å². The van der Waals surface area contributed by atoms with E-state index in [1.54, 1.807) is 0 Å². The van der Waals surface area contributed by atoms with Crippen LogP contribution in [0.3, 0.4) is 0 Å². The first-order valence-electron chi connectivity index (χ1n) is 4.93. The Labute approximate surface area is 73.9 Å². The Bertz CT molecular complexity index is 147. The monoisotopic (exact) mass is 170 g/mol. The van der Waals surface area contributed by atoms with Gasteiger partial charge in [0, 0.05) is 31.8 Å². The molecule has 70 valence electrons. The lowest BCUT2D eigenvalue weighted by Gasteiger charge is -2.35. The van der Waals surface area contributed by atoms with Gasteiger partial charge in [0.05, 0.1) is 6.10 Å². The molecule has 2 atom stereocenters. The molecule has 2 rings (SSSR count). The SMILES string of the molecule is CC1CC(NC2CNC2)CCO1. The Balaban J connectivity index is 1.71. The molecule has 0 spiro atoms. The molecule has 0 aliphatic carbocycles. The molecule has 3 heteroatoms. The fourth-order valence-electron chi connectivity index (χ4n) is 1.89. The summed E-state index contributed by atoms with van der Waals surface area (Å²) in [5.74, 6) is 0. The lowest BCUT2D eigenvalue weighted by molar-refractivity contribution is 0.00996. The van der Waals surface area contributed by atoms with E-state index < -0.39 is 0 Å². The van der Waals surface area contributed by atoms with Crippen molar-refractivity contribution in [3.8, 4) is 0 Å². The Morgan fingerprint density at radius 3 is 2.75 bits per heavy atom. The van der Waals surface area contributed by atoms with Crippen LogP contribution in [0.25, 0.3) is 0 Å². The van der Waals surface area contributed by atoms with Gasteiger partial charge >= 0.3 is 0 Å². The van der Waals surface area contributed by atoms with E-state index in [2.05, 4.69) is 17.6 Å². The Hall–Kier alpha value is -0.120. The summed E-state index contributed by atoms with van der Waals surface area (Å²) in [7, 11) is 0. The first kappa shape index (κ1) is 8.48. The van der Waals surface area contributed by atoms with E-state index in [0.29, 0.717) is 12.1 Å². The minimum atomic E-state index is 0.448. The van der Waals surface area contributed by atoms with Crippen LogP contribution >= 0.6 is 0 Å². The standard InChI is InChI=1S/C9H18N2O/c1-7-4-8(2-3-12-7)11-9-5-10-6-9/h7-11H,2-6H2,1H3. The van der Waals surface area contributed by atoms with Gasteiger partial charge in [-0.3, -0.25) is 0 Å². The zero-order chi connectivity index (χ0) is 8.39. The maximum Gasteiger partial charge on any atom is 0.0561 e. The quantitative estimate of drug-likeness (QED) is 0.617. The lowest BCUT2D eigenvalue weighted by Crippen LogP contribution is -2.59. The van der Waals surface area contributed by atoms with Crippen molar-refractivity contribution >= 4 is 0 Å². The molecule has 0 bridgehead atoms. The van der Waals surface area contributed by atoms with Crippen LogP contribution in [0.15, 0.2) is 0 Å². The highest BCUT2D eigenvalue weighted by Gasteiger charge is 2.24. The molecule has 2 N–H and O–H groups in total. The van der Waals surface area contributed by atoms with Crippen molar-refractivity contribution in [1.82, 2.24) is 10.6 Å². The molecular weight excluding hydrogens is 152 g/mol. The number of nitrogens with one attached hydrogen (secondary N) is 2. The molecule has 0 aromatic carbocycles. The zero-order valence-corrected chi connectivity index (χ0v) is 7.68. The third kappa shape index (κ3) is 1.97. The Morgan fingerprint density at radius 1 is 1.33 bits per heavy atom. The van der Waals surface area contributed by atoms with Crippen molar-refractivity contribution < 1.29 is 4.74 Å². The van der Waals surface area contributed by atoms with Gasteiger partial charge in [-0.1, -0.05) is 0 Å². The van der Waals surface area contributed by atoms with Gasteiger partial charge in [0.25, 0.3) is 0 Å². The van der Waals surface area contributed by atoms with Crippen molar-refractivity contribution in [3.05, 3.63) is 0 Å². The molecule has 2 saturated heterocycles. The lowest BCUT2D eigenvalue weighted by atomic mass is 10.0. The molecule has 0 amide bonds. The van der Waals surface area contributed by atoms with E-state index in [1.165, 1.54) is 12.8 Å². The molecular formula is C9H18N2O. The molecule has 12 heavy (non-hydrogen) atoms. The van der Waals surface area contributed by atoms with Crippen molar-refractivity contribution in [2.75, 3.05) is 19.7 Å². The molecule has 2 aliphatic heterocycles. The van der Waals surface area contributed by atoms with Gasteiger partial charge in [-0.05, 0) is 19.8 Å². The predicted molar refractivity (Wildman–Crippen MR) is 48.2 cm³/mol. The first-order chi connectivity index (χ1) is 5.84. The van der Waals surface area contributed by atoms with Crippen molar-refractivity contribution in [2.45, 2.75) is 38.0 Å². The number of rotatable bonds is 2. The second-order valence-corrected chi connectivity index (χ2v) is 3.92. The third-order valence-electron chi connectivity index (χ3n) is 2.74. The van der Waals surface area contributed by atoms with Crippen LogP contribution in [-0.4, -0.2) is 37.9 Å². The average Bonchev–Trinajstić information content (AvgIpc) is 1.97. The molecule has 0 radical (unpaired) electrons. The fourth-order valence-corrected chi connectivity index (χ4v) is 1.89. The summed E-state index contributed by atoms with van der Waals surface area (Å²) < 4.78 is 5.49. The highest BCUT2D eigenvalue weighted by atomic mass is 16.5. The third-order valence-corrected chi connectivity index (χ3v) is 2.74. The van der Waals surface area contributed by atoms with Gasteiger partial charge in [-0.15, -0.1) is 0 Å². The molecule has 2 unspecified atom stereocenters. The van der Waals surface area contributed by atoms with E-state index >= 15 is 0 Å². The Kier molecular flexibility index (Phi) is 2.63. The van der Waals surface area contributed by atoms with Gasteiger partial charge < -0.3 is 15.4 Å². The summed E-state index contributed by atoms with van der Waals surface area (Å²) in [5, 5.41) is 6.91. The largest absolute Gasteiger partial charge is 0.378 e. The normalized spacial score (nSPS) is 37.8. The Morgan fingerprint density at radius 2 is 2.17 bits per heavy atom. The van der Waals surface area contributed by atoms with Crippen LogP contribution in [0.5, 0.6) is 0 Å². The van der Waals surface area contributed by atoms with Crippen LogP contribution in [-0.2, 0) is 4.74 Å². The second-order valence-electron chi connectivity index (χ2n) is 3.92. The molecule has 0 aromatic rings. The first-order valence-corrected chi connectivity index (χ1v) is 4.93. The molecule has 0 saturated carbocycles. The minimum absolute atomic E-state index is 0.448. The summed E-state index contributed by atoms with van der Waals surface area (Å²) in [4.78, 5) is 0. The summed E-state index contributed by atoms with van der Waals surface area (Å²) in [5.41, 5.74) is 0. The smallest absolute Gasteiger partial charge is 0.0561 e.